The molecular formula is C23H21N3O. The number of nitrogens with one attached hydrogen (secondary N) is 1. The normalized spacial score (nSPS) is 11.1. The third-order valence-electron chi connectivity index (χ3n) is 4.60. The van der Waals surface area contributed by atoms with Gasteiger partial charge in [0, 0.05) is 5.69 Å². The Balaban J connectivity index is 1.98. The van der Waals surface area contributed by atoms with Crippen molar-refractivity contribution in [2.75, 3.05) is 5.32 Å². The van der Waals surface area contributed by atoms with Crippen LogP contribution in [-0.2, 0) is 0 Å². The summed E-state index contributed by atoms with van der Waals surface area (Å²) in [5, 5.41) is 3.92. The van der Waals surface area contributed by atoms with Gasteiger partial charge in [0.1, 0.15) is 0 Å². The van der Waals surface area contributed by atoms with Crippen molar-refractivity contribution in [1.82, 2.24) is 9.55 Å². The van der Waals surface area contributed by atoms with Crippen molar-refractivity contribution in [2.45, 2.75) is 19.8 Å². The summed E-state index contributed by atoms with van der Waals surface area (Å²) >= 11 is 0. The minimum absolute atomic E-state index is 0.0767. The number of nitrogens with zero attached hydrogens (tertiary/aromatic N) is 2. The number of rotatable bonds is 4. The molecule has 0 radical (unpaired) electrons. The standard InChI is InChI=1S/C23H21N3O/c1-16(2)17-13-14-21-20(15-17)22(27)26(19-11-7-4-8-12-19)23(25-21)24-18-9-5-3-6-10-18/h3-16H,1-2H3,(H,24,25). The maximum absolute atomic E-state index is 13.4. The summed E-state index contributed by atoms with van der Waals surface area (Å²) in [6, 6.07) is 25.3. The summed E-state index contributed by atoms with van der Waals surface area (Å²) in [4.78, 5) is 18.2. The molecule has 134 valence electrons. The first-order valence-corrected chi connectivity index (χ1v) is 9.07. The molecule has 0 spiro atoms. The number of benzene rings is 3. The minimum Gasteiger partial charge on any atom is -0.325 e. The first-order valence-electron chi connectivity index (χ1n) is 9.07. The molecule has 1 heterocycles. The van der Waals surface area contributed by atoms with E-state index in [0.29, 0.717) is 22.8 Å². The van der Waals surface area contributed by atoms with Crippen LogP contribution in [0.25, 0.3) is 16.6 Å². The molecule has 0 aliphatic carbocycles. The molecule has 4 nitrogen and oxygen atoms in total. The third-order valence-corrected chi connectivity index (χ3v) is 4.60. The Morgan fingerprint density at radius 2 is 1.56 bits per heavy atom. The molecule has 0 amide bonds. The van der Waals surface area contributed by atoms with Crippen LogP contribution in [0.4, 0.5) is 11.6 Å². The Hall–Kier alpha value is -3.40. The lowest BCUT2D eigenvalue weighted by molar-refractivity contribution is 0.867. The molecule has 0 unspecified atom stereocenters. The lowest BCUT2D eigenvalue weighted by atomic mass is 10.0. The second-order valence-electron chi connectivity index (χ2n) is 6.83. The first kappa shape index (κ1) is 17.0. The quantitative estimate of drug-likeness (QED) is 0.544. The zero-order valence-electron chi connectivity index (χ0n) is 15.4. The summed E-state index contributed by atoms with van der Waals surface area (Å²) in [5.41, 5.74) is 3.41. The van der Waals surface area contributed by atoms with E-state index in [1.165, 1.54) is 0 Å². The van der Waals surface area contributed by atoms with Crippen molar-refractivity contribution in [3.05, 3.63) is 94.8 Å². The van der Waals surface area contributed by atoms with Gasteiger partial charge in [0.25, 0.3) is 5.56 Å². The van der Waals surface area contributed by atoms with Crippen LogP contribution >= 0.6 is 0 Å². The highest BCUT2D eigenvalue weighted by Gasteiger charge is 2.14. The van der Waals surface area contributed by atoms with E-state index in [4.69, 9.17) is 4.98 Å². The fourth-order valence-corrected chi connectivity index (χ4v) is 3.11. The molecule has 0 fully saturated rings. The Labute approximate surface area is 158 Å². The van der Waals surface area contributed by atoms with Gasteiger partial charge in [-0.15, -0.1) is 0 Å². The van der Waals surface area contributed by atoms with Gasteiger partial charge < -0.3 is 5.32 Å². The highest BCUT2D eigenvalue weighted by atomic mass is 16.1. The zero-order chi connectivity index (χ0) is 18.8. The Morgan fingerprint density at radius 1 is 0.889 bits per heavy atom. The second kappa shape index (κ2) is 7.08. The molecule has 4 heteroatoms. The van der Waals surface area contributed by atoms with Crippen LogP contribution in [-0.4, -0.2) is 9.55 Å². The summed E-state index contributed by atoms with van der Waals surface area (Å²) in [6.45, 7) is 4.24. The number of fused-ring (bicyclic) bond motifs is 1. The van der Waals surface area contributed by atoms with Gasteiger partial charge in [-0.1, -0.05) is 56.3 Å². The van der Waals surface area contributed by atoms with Gasteiger partial charge in [-0.05, 0) is 47.9 Å². The van der Waals surface area contributed by atoms with E-state index < -0.39 is 0 Å². The lowest BCUT2D eigenvalue weighted by Crippen LogP contribution is -2.23. The smallest absolute Gasteiger partial charge is 0.267 e. The molecule has 3 aromatic carbocycles. The molecule has 0 saturated heterocycles. The van der Waals surface area contributed by atoms with Crippen molar-refractivity contribution in [3.63, 3.8) is 0 Å². The average Bonchev–Trinajstić information content (AvgIpc) is 2.69. The molecule has 1 N–H and O–H groups in total. The highest BCUT2D eigenvalue weighted by Crippen LogP contribution is 2.23. The van der Waals surface area contributed by atoms with Crippen LogP contribution in [0.5, 0.6) is 0 Å². The predicted octanol–water partition coefficient (Wildman–Crippen LogP) is 5.25. The lowest BCUT2D eigenvalue weighted by Gasteiger charge is -2.16. The molecule has 4 aromatic rings. The van der Waals surface area contributed by atoms with Crippen molar-refractivity contribution in [2.24, 2.45) is 0 Å². The van der Waals surface area contributed by atoms with Gasteiger partial charge in [-0.3, -0.25) is 4.79 Å². The maximum Gasteiger partial charge on any atom is 0.267 e. The molecule has 0 atom stereocenters. The Morgan fingerprint density at radius 3 is 2.22 bits per heavy atom. The number of aromatic nitrogens is 2. The maximum atomic E-state index is 13.4. The van der Waals surface area contributed by atoms with Crippen LogP contribution in [0, 0.1) is 0 Å². The molecule has 27 heavy (non-hydrogen) atoms. The molecule has 0 aliphatic rings. The Kier molecular flexibility index (Phi) is 4.47. The van der Waals surface area contributed by atoms with Gasteiger partial charge in [0.05, 0.1) is 16.6 Å². The van der Waals surface area contributed by atoms with Gasteiger partial charge in [0.15, 0.2) is 0 Å². The summed E-state index contributed by atoms with van der Waals surface area (Å²) < 4.78 is 1.64. The predicted molar refractivity (Wildman–Crippen MR) is 111 cm³/mol. The zero-order valence-corrected chi connectivity index (χ0v) is 15.4. The highest BCUT2D eigenvalue weighted by molar-refractivity contribution is 5.81. The molecule has 0 aliphatic heterocycles. The molecule has 0 saturated carbocycles. The molecule has 1 aromatic heterocycles. The van der Waals surface area contributed by atoms with E-state index in [2.05, 4.69) is 19.2 Å². The average molecular weight is 355 g/mol. The number of hydrogen-bond acceptors (Lipinski definition) is 3. The van der Waals surface area contributed by atoms with Crippen LogP contribution in [0.1, 0.15) is 25.3 Å². The number of para-hydroxylation sites is 2. The molecule has 4 rings (SSSR count). The van der Waals surface area contributed by atoms with Crippen LogP contribution in [0.3, 0.4) is 0 Å². The van der Waals surface area contributed by atoms with Gasteiger partial charge >= 0.3 is 0 Å². The summed E-state index contributed by atoms with van der Waals surface area (Å²) in [5.74, 6) is 0.850. The van der Waals surface area contributed by atoms with Gasteiger partial charge in [-0.25, -0.2) is 9.55 Å². The van der Waals surface area contributed by atoms with E-state index in [1.54, 1.807) is 4.57 Å². The third kappa shape index (κ3) is 3.34. The number of hydrogen-bond donors (Lipinski definition) is 1. The van der Waals surface area contributed by atoms with Crippen molar-refractivity contribution in [3.8, 4) is 5.69 Å². The van der Waals surface area contributed by atoms with Gasteiger partial charge in [0.2, 0.25) is 5.95 Å². The van der Waals surface area contributed by atoms with Gasteiger partial charge in [-0.2, -0.15) is 0 Å². The fourth-order valence-electron chi connectivity index (χ4n) is 3.11. The SMILES string of the molecule is CC(C)c1ccc2nc(Nc3ccccc3)n(-c3ccccc3)c(=O)c2c1. The first-order chi connectivity index (χ1) is 13.1. The van der Waals surface area contributed by atoms with Crippen molar-refractivity contribution >= 4 is 22.5 Å². The Bertz CT molecular complexity index is 1130. The second-order valence-corrected chi connectivity index (χ2v) is 6.83. The monoisotopic (exact) mass is 355 g/mol. The van der Waals surface area contributed by atoms with Crippen LogP contribution in [0.2, 0.25) is 0 Å². The largest absolute Gasteiger partial charge is 0.325 e. The van der Waals surface area contributed by atoms with Crippen LogP contribution < -0.4 is 10.9 Å². The van der Waals surface area contributed by atoms with E-state index in [1.807, 2.05) is 78.9 Å². The van der Waals surface area contributed by atoms with E-state index in [9.17, 15) is 4.79 Å². The fraction of sp³-hybridized carbons (Fsp3) is 0.130. The molecule has 0 bridgehead atoms. The van der Waals surface area contributed by atoms with Crippen molar-refractivity contribution < 1.29 is 0 Å². The van der Waals surface area contributed by atoms with Crippen molar-refractivity contribution in [1.29, 1.82) is 0 Å². The number of anilines is 2. The van der Waals surface area contributed by atoms with E-state index in [-0.39, 0.29) is 5.56 Å². The minimum atomic E-state index is -0.0767. The van der Waals surface area contributed by atoms with E-state index >= 15 is 0 Å². The topological polar surface area (TPSA) is 46.9 Å². The van der Waals surface area contributed by atoms with Crippen LogP contribution in [0.15, 0.2) is 83.7 Å². The molecular weight excluding hydrogens is 334 g/mol. The summed E-state index contributed by atoms with van der Waals surface area (Å²) in [6.07, 6.45) is 0. The summed E-state index contributed by atoms with van der Waals surface area (Å²) in [7, 11) is 0. The van der Waals surface area contributed by atoms with E-state index in [0.717, 1.165) is 16.9 Å².